The predicted molar refractivity (Wildman–Crippen MR) is 107 cm³/mol. The van der Waals surface area contributed by atoms with Crippen molar-refractivity contribution in [2.75, 3.05) is 19.8 Å². The molecule has 0 aliphatic carbocycles. The van der Waals surface area contributed by atoms with Gasteiger partial charge in [-0.25, -0.2) is 0 Å². The Hall–Kier alpha value is -1.99. The van der Waals surface area contributed by atoms with Crippen LogP contribution >= 0.6 is 11.8 Å². The second-order valence-electron chi connectivity index (χ2n) is 6.28. The van der Waals surface area contributed by atoms with Crippen molar-refractivity contribution in [3.8, 4) is 0 Å². The van der Waals surface area contributed by atoms with Crippen molar-refractivity contribution < 1.29 is 19.2 Å². The number of benzene rings is 1. The van der Waals surface area contributed by atoms with E-state index in [1.165, 1.54) is 0 Å². The van der Waals surface area contributed by atoms with E-state index >= 15 is 0 Å². The smallest absolute Gasteiger partial charge is 0.219 e. The van der Waals surface area contributed by atoms with Gasteiger partial charge in [0.2, 0.25) is 5.91 Å². The zero-order chi connectivity index (χ0) is 20.1. The third kappa shape index (κ3) is 8.05. The van der Waals surface area contributed by atoms with Crippen LogP contribution in [0, 0.1) is 0 Å². The average Bonchev–Trinajstić information content (AvgIpc) is 2.68. The van der Waals surface area contributed by atoms with Crippen molar-refractivity contribution in [3.05, 3.63) is 29.3 Å². The van der Waals surface area contributed by atoms with Crippen molar-refractivity contribution in [1.82, 2.24) is 10.2 Å². The lowest BCUT2D eigenvalue weighted by atomic mass is 10.1. The normalized spacial score (nSPS) is 11.8. The molecule has 0 bridgehead atoms. The molecule has 0 radical (unpaired) electrons. The Morgan fingerprint density at radius 2 is 2.04 bits per heavy atom. The van der Waals surface area contributed by atoms with Gasteiger partial charge in [0.15, 0.2) is 0 Å². The molecule has 0 saturated heterocycles. The molecule has 7 heteroatoms. The summed E-state index contributed by atoms with van der Waals surface area (Å²) in [5, 5.41) is 2.55. The minimum atomic E-state index is -0.396. The van der Waals surface area contributed by atoms with E-state index in [9.17, 15) is 19.2 Å². The van der Waals surface area contributed by atoms with E-state index in [4.69, 9.17) is 0 Å². The van der Waals surface area contributed by atoms with Crippen LogP contribution in [-0.4, -0.2) is 55.6 Å². The SMILES string of the molecule is CNC(=O)CCC(C=O)N(C)Cc1c(C=O)cccc1SCCCCC=O. The lowest BCUT2D eigenvalue weighted by molar-refractivity contribution is -0.121. The van der Waals surface area contributed by atoms with Gasteiger partial charge in [0, 0.05) is 36.9 Å². The topological polar surface area (TPSA) is 83.6 Å². The lowest BCUT2D eigenvalue weighted by Gasteiger charge is -2.25. The van der Waals surface area contributed by atoms with Crippen LogP contribution in [0.4, 0.5) is 0 Å². The summed E-state index contributed by atoms with van der Waals surface area (Å²) in [4.78, 5) is 47.7. The molecule has 0 fully saturated rings. The summed E-state index contributed by atoms with van der Waals surface area (Å²) in [6, 6.07) is 5.20. The van der Waals surface area contributed by atoms with E-state index in [0.29, 0.717) is 24.9 Å². The predicted octanol–water partition coefficient (Wildman–Crippen LogP) is 2.49. The highest BCUT2D eigenvalue weighted by atomic mass is 32.2. The zero-order valence-corrected chi connectivity index (χ0v) is 16.8. The molecule has 0 spiro atoms. The molecule has 0 aliphatic heterocycles. The highest BCUT2D eigenvalue weighted by Gasteiger charge is 2.18. The number of unbranched alkanes of at least 4 members (excludes halogenated alkanes) is 2. The fraction of sp³-hybridized carbons (Fsp3) is 0.500. The molecular formula is C20H28N2O4S. The van der Waals surface area contributed by atoms with Crippen molar-refractivity contribution in [3.63, 3.8) is 0 Å². The van der Waals surface area contributed by atoms with E-state index in [1.54, 1.807) is 24.9 Å². The molecular weight excluding hydrogens is 364 g/mol. The Morgan fingerprint density at radius 3 is 2.67 bits per heavy atom. The Balaban J connectivity index is 2.82. The highest BCUT2D eigenvalue weighted by Crippen LogP contribution is 2.27. The third-order valence-corrected chi connectivity index (χ3v) is 5.53. The van der Waals surface area contributed by atoms with Crippen LogP contribution in [0.2, 0.25) is 0 Å². The van der Waals surface area contributed by atoms with Crippen LogP contribution in [0.1, 0.15) is 48.0 Å². The Labute approximate surface area is 165 Å². The summed E-state index contributed by atoms with van der Waals surface area (Å²) in [6.45, 7) is 0.447. The van der Waals surface area contributed by atoms with Gasteiger partial charge in [-0.15, -0.1) is 11.8 Å². The van der Waals surface area contributed by atoms with Gasteiger partial charge in [0.05, 0.1) is 6.04 Å². The number of likely N-dealkylation sites (N-methyl/N-ethyl adjacent to an activating group) is 1. The standard InChI is InChI=1S/C20H28N2O4S/c1-21-20(26)10-9-17(15-25)22(2)13-18-16(14-24)7-6-8-19(18)27-12-5-3-4-11-23/h6-8,11,14-15,17H,3-5,9-10,12-13H2,1-2H3,(H,21,26). The first-order chi connectivity index (χ1) is 13.1. The van der Waals surface area contributed by atoms with E-state index in [-0.39, 0.29) is 12.3 Å². The second-order valence-corrected chi connectivity index (χ2v) is 7.42. The number of thioether (sulfide) groups is 1. The number of amides is 1. The Kier molecular flexibility index (Phi) is 11.3. The molecule has 0 saturated carbocycles. The molecule has 1 aromatic carbocycles. The molecule has 27 heavy (non-hydrogen) atoms. The molecule has 1 atom stereocenters. The van der Waals surface area contributed by atoms with Crippen LogP contribution in [0.25, 0.3) is 0 Å². The molecule has 1 rings (SSSR count). The minimum Gasteiger partial charge on any atom is -0.359 e. The maximum absolute atomic E-state index is 11.5. The number of rotatable bonds is 14. The molecule has 1 unspecified atom stereocenters. The third-order valence-electron chi connectivity index (χ3n) is 4.35. The number of carbonyl (C=O) groups excluding carboxylic acids is 4. The molecule has 6 nitrogen and oxygen atoms in total. The van der Waals surface area contributed by atoms with Crippen LogP contribution < -0.4 is 5.32 Å². The first kappa shape index (κ1) is 23.0. The van der Waals surface area contributed by atoms with E-state index in [1.807, 2.05) is 24.1 Å². The Morgan fingerprint density at radius 1 is 1.26 bits per heavy atom. The van der Waals surface area contributed by atoms with Gasteiger partial charge < -0.3 is 14.9 Å². The van der Waals surface area contributed by atoms with Crippen LogP contribution in [-0.2, 0) is 20.9 Å². The summed E-state index contributed by atoms with van der Waals surface area (Å²) in [5.74, 6) is 0.760. The van der Waals surface area contributed by atoms with E-state index < -0.39 is 6.04 Å². The molecule has 0 aliphatic rings. The maximum Gasteiger partial charge on any atom is 0.219 e. The van der Waals surface area contributed by atoms with Crippen molar-refractivity contribution in [1.29, 1.82) is 0 Å². The van der Waals surface area contributed by atoms with Gasteiger partial charge in [0.25, 0.3) is 0 Å². The van der Waals surface area contributed by atoms with Crippen molar-refractivity contribution >= 4 is 36.5 Å². The zero-order valence-electron chi connectivity index (χ0n) is 16.0. The average molecular weight is 393 g/mol. The number of hydrogen-bond donors (Lipinski definition) is 1. The fourth-order valence-electron chi connectivity index (χ4n) is 2.67. The van der Waals surface area contributed by atoms with Gasteiger partial charge in [-0.3, -0.25) is 14.5 Å². The maximum atomic E-state index is 11.5. The van der Waals surface area contributed by atoms with Gasteiger partial charge in [-0.2, -0.15) is 0 Å². The van der Waals surface area contributed by atoms with E-state index in [2.05, 4.69) is 5.32 Å². The molecule has 1 amide bonds. The van der Waals surface area contributed by atoms with Crippen LogP contribution in [0.15, 0.2) is 23.1 Å². The fourth-order valence-corrected chi connectivity index (χ4v) is 3.77. The number of nitrogens with one attached hydrogen (secondary N) is 1. The van der Waals surface area contributed by atoms with Crippen LogP contribution in [0.5, 0.6) is 0 Å². The second kappa shape index (κ2) is 13.2. The van der Waals surface area contributed by atoms with Gasteiger partial charge >= 0.3 is 0 Å². The first-order valence-electron chi connectivity index (χ1n) is 9.07. The molecule has 0 aromatic heterocycles. The number of carbonyl (C=O) groups is 4. The molecule has 1 N–H and O–H groups in total. The number of nitrogens with zero attached hydrogens (tertiary/aromatic N) is 1. The minimum absolute atomic E-state index is 0.102. The highest BCUT2D eigenvalue weighted by molar-refractivity contribution is 7.99. The number of hydrogen-bond acceptors (Lipinski definition) is 6. The van der Waals surface area contributed by atoms with Crippen LogP contribution in [0.3, 0.4) is 0 Å². The monoisotopic (exact) mass is 392 g/mol. The lowest BCUT2D eigenvalue weighted by Crippen LogP contribution is -2.34. The van der Waals surface area contributed by atoms with E-state index in [0.717, 1.165) is 47.9 Å². The molecule has 1 aromatic rings. The van der Waals surface area contributed by atoms with Gasteiger partial charge in [-0.1, -0.05) is 12.1 Å². The molecule has 148 valence electrons. The largest absolute Gasteiger partial charge is 0.359 e. The van der Waals surface area contributed by atoms with Gasteiger partial charge in [-0.05, 0) is 43.7 Å². The first-order valence-corrected chi connectivity index (χ1v) is 10.1. The van der Waals surface area contributed by atoms with Gasteiger partial charge in [0.1, 0.15) is 18.9 Å². The summed E-state index contributed by atoms with van der Waals surface area (Å²) in [6.07, 6.45) is 5.65. The summed E-state index contributed by atoms with van der Waals surface area (Å²) in [5.41, 5.74) is 1.50. The quantitative estimate of drug-likeness (QED) is 0.297. The summed E-state index contributed by atoms with van der Waals surface area (Å²) >= 11 is 1.66. The van der Waals surface area contributed by atoms with Crippen molar-refractivity contribution in [2.45, 2.75) is 49.6 Å². The van der Waals surface area contributed by atoms with Crippen molar-refractivity contribution in [2.24, 2.45) is 0 Å². The number of aldehydes is 3. The summed E-state index contributed by atoms with van der Waals surface area (Å²) < 4.78 is 0. The molecule has 0 heterocycles. The Bertz CT molecular complexity index is 636. The summed E-state index contributed by atoms with van der Waals surface area (Å²) in [7, 11) is 3.39.